The molecule has 2 N–H and O–H groups in total. The van der Waals surface area contributed by atoms with Crippen molar-refractivity contribution in [1.82, 2.24) is 5.32 Å². The first-order valence-electron chi connectivity index (χ1n) is 3.21. The van der Waals surface area contributed by atoms with Gasteiger partial charge in [0.2, 0.25) is 0 Å². The van der Waals surface area contributed by atoms with Gasteiger partial charge in [0, 0.05) is 6.04 Å². The smallest absolute Gasteiger partial charge is 0.150 e. The van der Waals surface area contributed by atoms with Crippen molar-refractivity contribution in [2.75, 3.05) is 6.54 Å². The normalized spacial score (nSPS) is 30.1. The van der Waals surface area contributed by atoms with E-state index in [1.807, 2.05) is 0 Å². The molecule has 3 nitrogen and oxygen atoms in total. The minimum Gasteiger partial charge on any atom is -0.384 e. The Morgan fingerprint density at radius 1 is 1.78 bits per heavy atom. The summed E-state index contributed by atoms with van der Waals surface area (Å²) in [6.45, 7) is 0.926. The van der Waals surface area contributed by atoms with Crippen LogP contribution in [0.15, 0.2) is 0 Å². The first-order valence-corrected chi connectivity index (χ1v) is 3.21. The number of hydrogen-bond acceptors (Lipinski definition) is 3. The quantitative estimate of drug-likeness (QED) is 0.485. The van der Waals surface area contributed by atoms with Crippen LogP contribution in [0, 0.1) is 0 Å². The van der Waals surface area contributed by atoms with Crippen molar-refractivity contribution >= 4 is 6.29 Å². The zero-order valence-electron chi connectivity index (χ0n) is 5.21. The minimum absolute atomic E-state index is 0.0162. The molecule has 0 aromatic rings. The number of hydrogen-bond donors (Lipinski definition) is 2. The maximum Gasteiger partial charge on any atom is 0.150 e. The zero-order chi connectivity index (χ0) is 6.69. The summed E-state index contributed by atoms with van der Waals surface area (Å²) in [4.78, 5) is 10.0. The molecule has 0 amide bonds. The number of rotatable bonds is 2. The summed E-state index contributed by atoms with van der Waals surface area (Å²) in [6.07, 6.45) is 1.77. The molecular formula is C6H11NO2. The van der Waals surface area contributed by atoms with Crippen molar-refractivity contribution in [2.24, 2.45) is 0 Å². The molecule has 3 heteroatoms. The number of nitrogens with one attached hydrogen (secondary N) is 1. The van der Waals surface area contributed by atoms with E-state index in [2.05, 4.69) is 5.32 Å². The second-order valence-electron chi connectivity index (χ2n) is 2.33. The Labute approximate surface area is 54.1 Å². The lowest BCUT2D eigenvalue weighted by Crippen LogP contribution is -2.35. The van der Waals surface area contributed by atoms with Crippen LogP contribution in [0.3, 0.4) is 0 Å². The van der Waals surface area contributed by atoms with E-state index in [4.69, 9.17) is 5.11 Å². The molecule has 0 aromatic carbocycles. The van der Waals surface area contributed by atoms with Gasteiger partial charge in [-0.05, 0) is 19.4 Å². The van der Waals surface area contributed by atoms with Crippen LogP contribution in [-0.2, 0) is 4.79 Å². The average molecular weight is 129 g/mol. The Hall–Kier alpha value is -0.410. The van der Waals surface area contributed by atoms with E-state index < -0.39 is 6.10 Å². The van der Waals surface area contributed by atoms with Crippen molar-refractivity contribution in [1.29, 1.82) is 0 Å². The first-order chi connectivity index (χ1) is 4.34. The third-order valence-corrected chi connectivity index (χ3v) is 1.65. The van der Waals surface area contributed by atoms with Crippen LogP contribution in [-0.4, -0.2) is 30.1 Å². The fourth-order valence-electron chi connectivity index (χ4n) is 1.10. The van der Waals surface area contributed by atoms with Gasteiger partial charge in [-0.15, -0.1) is 0 Å². The van der Waals surface area contributed by atoms with E-state index in [0.717, 1.165) is 19.4 Å². The molecule has 1 heterocycles. The lowest BCUT2D eigenvalue weighted by molar-refractivity contribution is -0.115. The maximum absolute atomic E-state index is 10.0. The molecule has 0 spiro atoms. The number of carbonyl (C=O) groups excluding carboxylic acids is 1. The zero-order valence-corrected chi connectivity index (χ0v) is 5.21. The molecule has 1 fully saturated rings. The molecule has 0 bridgehead atoms. The topological polar surface area (TPSA) is 49.3 Å². The molecular weight excluding hydrogens is 118 g/mol. The molecule has 2 atom stereocenters. The van der Waals surface area contributed by atoms with E-state index in [1.165, 1.54) is 0 Å². The molecule has 1 aliphatic heterocycles. The molecule has 0 radical (unpaired) electrons. The average Bonchev–Trinajstić information content (AvgIpc) is 2.37. The van der Waals surface area contributed by atoms with Crippen molar-refractivity contribution in [3.8, 4) is 0 Å². The van der Waals surface area contributed by atoms with E-state index >= 15 is 0 Å². The molecule has 52 valence electrons. The van der Waals surface area contributed by atoms with Gasteiger partial charge in [-0.25, -0.2) is 0 Å². The summed E-state index contributed by atoms with van der Waals surface area (Å²) in [5.41, 5.74) is 0. The molecule has 9 heavy (non-hydrogen) atoms. The second-order valence-corrected chi connectivity index (χ2v) is 2.33. The van der Waals surface area contributed by atoms with Gasteiger partial charge in [-0.3, -0.25) is 0 Å². The van der Waals surface area contributed by atoms with Gasteiger partial charge < -0.3 is 15.2 Å². The van der Waals surface area contributed by atoms with Gasteiger partial charge in [-0.1, -0.05) is 0 Å². The van der Waals surface area contributed by atoms with E-state index in [-0.39, 0.29) is 6.04 Å². The van der Waals surface area contributed by atoms with Gasteiger partial charge >= 0.3 is 0 Å². The van der Waals surface area contributed by atoms with Crippen molar-refractivity contribution in [2.45, 2.75) is 25.0 Å². The summed E-state index contributed by atoms with van der Waals surface area (Å²) in [5.74, 6) is 0. The highest BCUT2D eigenvalue weighted by atomic mass is 16.3. The second kappa shape index (κ2) is 2.94. The molecule has 0 saturated carbocycles. The van der Waals surface area contributed by atoms with Crippen LogP contribution in [0.2, 0.25) is 0 Å². The number of aldehydes is 1. The lowest BCUT2D eigenvalue weighted by atomic mass is 10.1. The largest absolute Gasteiger partial charge is 0.384 e. The SMILES string of the molecule is O=CC(O)[C@@H]1CCCN1. The molecule has 1 saturated heterocycles. The highest BCUT2D eigenvalue weighted by molar-refractivity contribution is 5.56. The summed E-state index contributed by atoms with van der Waals surface area (Å²) in [6, 6.07) is 0.0162. The van der Waals surface area contributed by atoms with E-state index in [9.17, 15) is 4.79 Å². The maximum atomic E-state index is 10.0. The van der Waals surface area contributed by atoms with E-state index in [0.29, 0.717) is 6.29 Å². The van der Waals surface area contributed by atoms with Gasteiger partial charge in [0.1, 0.15) is 12.4 Å². The first kappa shape index (κ1) is 6.71. The summed E-state index contributed by atoms with van der Waals surface area (Å²) < 4.78 is 0. The summed E-state index contributed by atoms with van der Waals surface area (Å²) in [5, 5.41) is 12.0. The fraction of sp³-hybridized carbons (Fsp3) is 0.833. The predicted molar refractivity (Wildman–Crippen MR) is 33.1 cm³/mol. The third kappa shape index (κ3) is 1.50. The number of aliphatic hydroxyl groups is 1. The lowest BCUT2D eigenvalue weighted by Gasteiger charge is -2.10. The minimum atomic E-state index is -0.799. The Morgan fingerprint density at radius 3 is 3.00 bits per heavy atom. The predicted octanol–water partition coefficient (Wildman–Crippen LogP) is -0.702. The Kier molecular flexibility index (Phi) is 2.19. The Bertz CT molecular complexity index is 99.2. The molecule has 1 aliphatic rings. The Balaban J connectivity index is 2.32. The summed E-state index contributed by atoms with van der Waals surface area (Å²) in [7, 11) is 0. The van der Waals surface area contributed by atoms with Gasteiger partial charge in [0.05, 0.1) is 0 Å². The van der Waals surface area contributed by atoms with Crippen LogP contribution >= 0.6 is 0 Å². The number of aliphatic hydroxyl groups excluding tert-OH is 1. The van der Waals surface area contributed by atoms with Crippen LogP contribution < -0.4 is 5.32 Å². The number of carbonyl (C=O) groups is 1. The fourth-order valence-corrected chi connectivity index (χ4v) is 1.10. The standard InChI is InChI=1S/C6H11NO2/c8-4-6(9)5-2-1-3-7-5/h4-7,9H,1-3H2/t5-,6?/m0/s1. The van der Waals surface area contributed by atoms with Crippen molar-refractivity contribution < 1.29 is 9.90 Å². The molecule has 0 aromatic heterocycles. The monoisotopic (exact) mass is 129 g/mol. The van der Waals surface area contributed by atoms with E-state index in [1.54, 1.807) is 0 Å². The van der Waals surface area contributed by atoms with Gasteiger partial charge in [-0.2, -0.15) is 0 Å². The summed E-state index contributed by atoms with van der Waals surface area (Å²) >= 11 is 0. The van der Waals surface area contributed by atoms with Crippen LogP contribution in [0.4, 0.5) is 0 Å². The molecule has 1 rings (SSSR count). The third-order valence-electron chi connectivity index (χ3n) is 1.65. The molecule has 1 unspecified atom stereocenters. The van der Waals surface area contributed by atoms with Gasteiger partial charge in [0.25, 0.3) is 0 Å². The highest BCUT2D eigenvalue weighted by Gasteiger charge is 2.21. The Morgan fingerprint density at radius 2 is 2.56 bits per heavy atom. The highest BCUT2D eigenvalue weighted by Crippen LogP contribution is 2.06. The van der Waals surface area contributed by atoms with Crippen LogP contribution in [0.1, 0.15) is 12.8 Å². The van der Waals surface area contributed by atoms with Crippen LogP contribution in [0.25, 0.3) is 0 Å². The van der Waals surface area contributed by atoms with Crippen molar-refractivity contribution in [3.05, 3.63) is 0 Å². The molecule has 0 aliphatic carbocycles. The van der Waals surface area contributed by atoms with Gasteiger partial charge in [0.15, 0.2) is 0 Å². The van der Waals surface area contributed by atoms with Crippen LogP contribution in [0.5, 0.6) is 0 Å². The van der Waals surface area contributed by atoms with Crippen molar-refractivity contribution in [3.63, 3.8) is 0 Å².